The third-order valence-corrected chi connectivity index (χ3v) is 2.86. The molecular formula is C9H15NO. The third-order valence-electron chi connectivity index (χ3n) is 2.86. The zero-order valence-electron chi connectivity index (χ0n) is 6.95. The van der Waals surface area contributed by atoms with Crippen molar-refractivity contribution in [2.75, 3.05) is 0 Å². The van der Waals surface area contributed by atoms with Crippen molar-refractivity contribution in [3.63, 3.8) is 0 Å². The molecule has 0 bridgehead atoms. The first-order chi connectivity index (χ1) is 5.25. The molecule has 1 N–H and O–H groups in total. The molecular weight excluding hydrogens is 138 g/mol. The Hall–Kier alpha value is -0.370. The molecule has 2 nitrogen and oxygen atoms in total. The van der Waals surface area contributed by atoms with Crippen LogP contribution in [0.1, 0.15) is 32.6 Å². The first-order valence-electron chi connectivity index (χ1n) is 4.47. The summed E-state index contributed by atoms with van der Waals surface area (Å²) in [4.78, 5) is 4.55. The standard InChI is InChI=1S/C9H15NO/c1-6-4-7-5-8(11)2-3-9(7)10-6/h7-9,11H,2-5H2,1H3. The van der Waals surface area contributed by atoms with Crippen molar-refractivity contribution in [3.8, 4) is 0 Å². The summed E-state index contributed by atoms with van der Waals surface area (Å²) in [6.45, 7) is 2.10. The van der Waals surface area contributed by atoms with Crippen LogP contribution in [0.4, 0.5) is 0 Å². The highest BCUT2D eigenvalue weighted by molar-refractivity contribution is 5.84. The number of rotatable bonds is 0. The van der Waals surface area contributed by atoms with Crippen molar-refractivity contribution in [3.05, 3.63) is 0 Å². The molecule has 0 radical (unpaired) electrons. The molecule has 1 fully saturated rings. The highest BCUT2D eigenvalue weighted by Gasteiger charge is 2.33. The highest BCUT2D eigenvalue weighted by atomic mass is 16.3. The van der Waals surface area contributed by atoms with E-state index in [1.165, 1.54) is 5.71 Å². The fourth-order valence-corrected chi connectivity index (χ4v) is 2.33. The average Bonchev–Trinajstić information content (AvgIpc) is 2.27. The zero-order chi connectivity index (χ0) is 7.84. The quantitative estimate of drug-likeness (QED) is 0.560. The van der Waals surface area contributed by atoms with Gasteiger partial charge in [-0.05, 0) is 38.5 Å². The second-order valence-electron chi connectivity index (χ2n) is 3.86. The normalized spacial score (nSPS) is 43.5. The summed E-state index contributed by atoms with van der Waals surface area (Å²) in [5.74, 6) is 0.666. The van der Waals surface area contributed by atoms with Gasteiger partial charge in [0.05, 0.1) is 12.1 Å². The number of aliphatic hydroxyl groups is 1. The largest absolute Gasteiger partial charge is 0.393 e. The van der Waals surface area contributed by atoms with Crippen LogP contribution >= 0.6 is 0 Å². The van der Waals surface area contributed by atoms with Crippen molar-refractivity contribution in [2.24, 2.45) is 10.9 Å². The molecule has 0 aromatic heterocycles. The van der Waals surface area contributed by atoms with Gasteiger partial charge in [0.2, 0.25) is 0 Å². The van der Waals surface area contributed by atoms with E-state index in [0.717, 1.165) is 25.7 Å². The SMILES string of the molecule is CC1=NC2CCC(O)CC2C1. The summed E-state index contributed by atoms with van der Waals surface area (Å²) in [7, 11) is 0. The molecule has 2 rings (SSSR count). The number of aliphatic hydroxyl groups excluding tert-OH is 1. The van der Waals surface area contributed by atoms with Crippen LogP contribution < -0.4 is 0 Å². The van der Waals surface area contributed by atoms with Crippen molar-refractivity contribution < 1.29 is 5.11 Å². The van der Waals surface area contributed by atoms with Gasteiger partial charge in [-0.15, -0.1) is 0 Å². The Labute approximate surface area is 67.3 Å². The van der Waals surface area contributed by atoms with Crippen LogP contribution in [0.3, 0.4) is 0 Å². The number of hydrogen-bond donors (Lipinski definition) is 1. The van der Waals surface area contributed by atoms with Crippen LogP contribution in [-0.2, 0) is 0 Å². The molecule has 1 aliphatic heterocycles. The van der Waals surface area contributed by atoms with E-state index in [2.05, 4.69) is 11.9 Å². The van der Waals surface area contributed by atoms with Crippen molar-refractivity contribution in [1.82, 2.24) is 0 Å². The van der Waals surface area contributed by atoms with E-state index < -0.39 is 0 Å². The number of hydrogen-bond acceptors (Lipinski definition) is 2. The van der Waals surface area contributed by atoms with Gasteiger partial charge in [-0.25, -0.2) is 0 Å². The van der Waals surface area contributed by atoms with Gasteiger partial charge >= 0.3 is 0 Å². The van der Waals surface area contributed by atoms with E-state index in [1.54, 1.807) is 0 Å². The van der Waals surface area contributed by atoms with Gasteiger partial charge in [-0.3, -0.25) is 4.99 Å². The molecule has 0 aromatic rings. The van der Waals surface area contributed by atoms with Crippen LogP contribution in [0.15, 0.2) is 4.99 Å². The minimum absolute atomic E-state index is 0.0441. The summed E-state index contributed by atoms with van der Waals surface area (Å²) in [6.07, 6.45) is 4.12. The fraction of sp³-hybridized carbons (Fsp3) is 0.889. The van der Waals surface area contributed by atoms with E-state index in [1.807, 2.05) is 0 Å². The van der Waals surface area contributed by atoms with Crippen molar-refractivity contribution >= 4 is 5.71 Å². The van der Waals surface area contributed by atoms with Crippen molar-refractivity contribution in [2.45, 2.75) is 44.8 Å². The lowest BCUT2D eigenvalue weighted by Crippen LogP contribution is -2.27. The average molecular weight is 153 g/mol. The smallest absolute Gasteiger partial charge is 0.0544 e. The van der Waals surface area contributed by atoms with Gasteiger partial charge in [0.25, 0.3) is 0 Å². The Morgan fingerprint density at radius 1 is 1.45 bits per heavy atom. The summed E-state index contributed by atoms with van der Waals surface area (Å²) in [5, 5.41) is 9.39. The van der Waals surface area contributed by atoms with E-state index in [4.69, 9.17) is 0 Å². The van der Waals surface area contributed by atoms with Crippen LogP contribution in [0.25, 0.3) is 0 Å². The monoisotopic (exact) mass is 153 g/mol. The molecule has 0 saturated heterocycles. The van der Waals surface area contributed by atoms with Crippen LogP contribution in [0.5, 0.6) is 0 Å². The Balaban J connectivity index is 2.03. The summed E-state index contributed by atoms with van der Waals surface area (Å²) in [6, 6.07) is 0.554. The predicted molar refractivity (Wildman–Crippen MR) is 44.9 cm³/mol. The maximum absolute atomic E-state index is 9.39. The van der Waals surface area contributed by atoms with E-state index in [0.29, 0.717) is 12.0 Å². The number of nitrogens with zero attached hydrogens (tertiary/aromatic N) is 1. The molecule has 1 aliphatic carbocycles. The number of aliphatic imine (C=N–C) groups is 1. The van der Waals surface area contributed by atoms with E-state index >= 15 is 0 Å². The van der Waals surface area contributed by atoms with Gasteiger partial charge in [0.15, 0.2) is 0 Å². The first-order valence-corrected chi connectivity index (χ1v) is 4.47. The third kappa shape index (κ3) is 1.32. The lowest BCUT2D eigenvalue weighted by molar-refractivity contribution is 0.0971. The Morgan fingerprint density at radius 2 is 2.27 bits per heavy atom. The number of fused-ring (bicyclic) bond motifs is 1. The summed E-state index contributed by atoms with van der Waals surface area (Å²) >= 11 is 0. The predicted octanol–water partition coefficient (Wildman–Crippen LogP) is 1.38. The van der Waals surface area contributed by atoms with Crippen LogP contribution in [0.2, 0.25) is 0 Å². The molecule has 1 heterocycles. The van der Waals surface area contributed by atoms with Gasteiger partial charge in [-0.1, -0.05) is 0 Å². The molecule has 3 atom stereocenters. The molecule has 2 heteroatoms. The van der Waals surface area contributed by atoms with Crippen LogP contribution in [0, 0.1) is 5.92 Å². The molecule has 0 aromatic carbocycles. The Bertz CT molecular complexity index is 188. The van der Waals surface area contributed by atoms with Gasteiger partial charge in [0.1, 0.15) is 0 Å². The maximum Gasteiger partial charge on any atom is 0.0544 e. The molecule has 2 aliphatic rings. The molecule has 11 heavy (non-hydrogen) atoms. The minimum atomic E-state index is -0.0441. The minimum Gasteiger partial charge on any atom is -0.393 e. The Kier molecular flexibility index (Phi) is 1.72. The Morgan fingerprint density at radius 3 is 3.09 bits per heavy atom. The van der Waals surface area contributed by atoms with Gasteiger partial charge in [0, 0.05) is 5.71 Å². The van der Waals surface area contributed by atoms with E-state index in [-0.39, 0.29) is 6.10 Å². The second kappa shape index (κ2) is 2.59. The molecule has 0 amide bonds. The molecule has 0 spiro atoms. The van der Waals surface area contributed by atoms with Crippen molar-refractivity contribution in [1.29, 1.82) is 0 Å². The fourth-order valence-electron chi connectivity index (χ4n) is 2.33. The maximum atomic E-state index is 9.39. The van der Waals surface area contributed by atoms with Gasteiger partial charge in [-0.2, -0.15) is 0 Å². The topological polar surface area (TPSA) is 32.6 Å². The second-order valence-corrected chi connectivity index (χ2v) is 3.86. The van der Waals surface area contributed by atoms with E-state index in [9.17, 15) is 5.11 Å². The highest BCUT2D eigenvalue weighted by Crippen LogP contribution is 2.34. The molecule has 1 saturated carbocycles. The summed E-state index contributed by atoms with van der Waals surface area (Å²) in [5.41, 5.74) is 1.29. The van der Waals surface area contributed by atoms with Gasteiger partial charge < -0.3 is 5.11 Å². The zero-order valence-corrected chi connectivity index (χ0v) is 6.95. The molecule has 3 unspecified atom stereocenters. The molecule has 62 valence electrons. The van der Waals surface area contributed by atoms with Crippen LogP contribution in [-0.4, -0.2) is 23.0 Å². The summed E-state index contributed by atoms with van der Waals surface area (Å²) < 4.78 is 0. The first kappa shape index (κ1) is 7.29. The lowest BCUT2D eigenvalue weighted by Gasteiger charge is -2.27. The lowest BCUT2D eigenvalue weighted by atomic mass is 9.83.